The first-order chi connectivity index (χ1) is 11.6. The molecule has 0 saturated heterocycles. The fourth-order valence-corrected chi connectivity index (χ4v) is 2.32. The Morgan fingerprint density at radius 2 is 1.80 bits per heavy atom. The quantitative estimate of drug-likeness (QED) is 0.811. The molecule has 1 unspecified atom stereocenters. The molecule has 0 fully saturated rings. The third-order valence-corrected chi connectivity index (χ3v) is 3.49. The van der Waals surface area contributed by atoms with Crippen LogP contribution in [0.2, 0.25) is 0 Å². The summed E-state index contributed by atoms with van der Waals surface area (Å²) in [4.78, 5) is 27.4. The number of carbonyl (C=O) groups excluding carboxylic acids is 2. The van der Waals surface area contributed by atoms with Gasteiger partial charge in [-0.25, -0.2) is 4.79 Å². The van der Waals surface area contributed by atoms with Crippen molar-refractivity contribution in [2.45, 2.75) is 39.3 Å². The molecule has 0 saturated carbocycles. The molecule has 0 aliphatic carbocycles. The average molecular weight is 348 g/mol. The molecule has 2 aromatic rings. The van der Waals surface area contributed by atoms with E-state index >= 15 is 0 Å². The molecule has 7 nitrogen and oxygen atoms in total. The van der Waals surface area contributed by atoms with Crippen molar-refractivity contribution in [2.24, 2.45) is 0 Å². The molecule has 2 rings (SSSR count). The first-order valence-electron chi connectivity index (χ1n) is 7.92. The Bertz CT molecular complexity index is 789. The number of amides is 1. The number of carbonyl (C=O) groups is 2. The highest BCUT2D eigenvalue weighted by atomic mass is 16.5. The monoisotopic (exact) mass is 348 g/mol. The summed E-state index contributed by atoms with van der Waals surface area (Å²) in [6, 6.07) is 5.13. The molecule has 1 atom stereocenters. The Morgan fingerprint density at radius 3 is 2.36 bits per heavy atom. The number of H-pyrrole nitrogens is 1. The van der Waals surface area contributed by atoms with Crippen molar-refractivity contribution in [1.82, 2.24) is 10.3 Å². The molecule has 1 amide bonds. The van der Waals surface area contributed by atoms with E-state index in [1.54, 1.807) is 25.3 Å². The molecule has 0 bridgehead atoms. The van der Waals surface area contributed by atoms with Crippen LogP contribution in [0.5, 0.6) is 11.5 Å². The summed E-state index contributed by atoms with van der Waals surface area (Å²) >= 11 is 0. The highest BCUT2D eigenvalue weighted by Gasteiger charge is 2.24. The number of rotatable bonds is 5. The molecule has 1 aromatic carbocycles. The molecule has 1 heterocycles. The molecule has 0 aliphatic heterocycles. The van der Waals surface area contributed by atoms with Gasteiger partial charge in [0, 0.05) is 17.0 Å². The fourth-order valence-electron chi connectivity index (χ4n) is 2.32. The van der Waals surface area contributed by atoms with Gasteiger partial charge in [0.1, 0.15) is 17.2 Å². The van der Waals surface area contributed by atoms with Gasteiger partial charge in [0.25, 0.3) is 5.91 Å². The van der Waals surface area contributed by atoms with Crippen molar-refractivity contribution in [3.05, 3.63) is 23.9 Å². The van der Waals surface area contributed by atoms with E-state index in [0.717, 1.165) is 5.39 Å². The minimum atomic E-state index is -0.908. The van der Waals surface area contributed by atoms with E-state index in [1.165, 1.54) is 14.0 Å². The lowest BCUT2D eigenvalue weighted by molar-refractivity contribution is -0.130. The molecule has 136 valence electrons. The number of ether oxygens (including phenoxy) is 3. The second-order valence-electron chi connectivity index (χ2n) is 6.76. The number of hydrogen-bond donors (Lipinski definition) is 2. The van der Waals surface area contributed by atoms with Crippen molar-refractivity contribution in [3.63, 3.8) is 0 Å². The zero-order chi connectivity index (χ0) is 18.8. The SMILES string of the molecule is COc1cc(OC)c2[nH]c(C(=O)OC(C)C(=O)NC(C)(C)C)cc2c1. The Kier molecular flexibility index (Phi) is 5.25. The van der Waals surface area contributed by atoms with Gasteiger partial charge in [-0.3, -0.25) is 4.79 Å². The van der Waals surface area contributed by atoms with Crippen LogP contribution in [0.15, 0.2) is 18.2 Å². The number of aromatic amines is 1. The second-order valence-corrected chi connectivity index (χ2v) is 6.76. The summed E-state index contributed by atoms with van der Waals surface area (Å²) < 4.78 is 15.8. The van der Waals surface area contributed by atoms with E-state index < -0.39 is 17.6 Å². The van der Waals surface area contributed by atoms with Crippen LogP contribution in [0, 0.1) is 0 Å². The van der Waals surface area contributed by atoms with Crippen LogP contribution >= 0.6 is 0 Å². The minimum Gasteiger partial charge on any atom is -0.497 e. The van der Waals surface area contributed by atoms with Crippen molar-refractivity contribution < 1.29 is 23.8 Å². The maximum atomic E-state index is 12.3. The van der Waals surface area contributed by atoms with Gasteiger partial charge < -0.3 is 24.5 Å². The van der Waals surface area contributed by atoms with E-state index in [9.17, 15) is 9.59 Å². The van der Waals surface area contributed by atoms with E-state index in [1.807, 2.05) is 20.8 Å². The van der Waals surface area contributed by atoms with Crippen molar-refractivity contribution >= 4 is 22.8 Å². The number of methoxy groups -OCH3 is 2. The summed E-state index contributed by atoms with van der Waals surface area (Å²) in [5.41, 5.74) is 0.488. The molecular weight excluding hydrogens is 324 g/mol. The lowest BCUT2D eigenvalue weighted by Crippen LogP contribution is -2.46. The molecule has 1 aromatic heterocycles. The molecule has 7 heteroatoms. The van der Waals surface area contributed by atoms with Crippen molar-refractivity contribution in [2.75, 3.05) is 14.2 Å². The Labute approximate surface area is 146 Å². The zero-order valence-electron chi connectivity index (χ0n) is 15.4. The number of esters is 1. The highest BCUT2D eigenvalue weighted by Crippen LogP contribution is 2.31. The van der Waals surface area contributed by atoms with E-state index in [2.05, 4.69) is 10.3 Å². The Morgan fingerprint density at radius 1 is 1.12 bits per heavy atom. The fraction of sp³-hybridized carbons (Fsp3) is 0.444. The molecule has 2 N–H and O–H groups in total. The van der Waals surface area contributed by atoms with Gasteiger partial charge in [-0.05, 0) is 39.8 Å². The van der Waals surface area contributed by atoms with Crippen LogP contribution in [0.1, 0.15) is 38.2 Å². The van der Waals surface area contributed by atoms with E-state index in [4.69, 9.17) is 14.2 Å². The molecule has 0 radical (unpaired) electrons. The van der Waals surface area contributed by atoms with Gasteiger partial charge in [-0.15, -0.1) is 0 Å². The summed E-state index contributed by atoms with van der Waals surface area (Å²) in [6.45, 7) is 7.11. The highest BCUT2D eigenvalue weighted by molar-refractivity contribution is 5.98. The predicted molar refractivity (Wildman–Crippen MR) is 94.2 cm³/mol. The number of fused-ring (bicyclic) bond motifs is 1. The predicted octanol–water partition coefficient (Wildman–Crippen LogP) is 2.65. The lowest BCUT2D eigenvalue weighted by Gasteiger charge is -2.23. The summed E-state index contributed by atoms with van der Waals surface area (Å²) in [5, 5.41) is 3.52. The van der Waals surface area contributed by atoms with Gasteiger partial charge in [-0.1, -0.05) is 0 Å². The third kappa shape index (κ3) is 4.43. The van der Waals surface area contributed by atoms with E-state index in [-0.39, 0.29) is 11.6 Å². The lowest BCUT2D eigenvalue weighted by atomic mass is 10.1. The largest absolute Gasteiger partial charge is 0.497 e. The number of hydrogen-bond acceptors (Lipinski definition) is 5. The van der Waals surface area contributed by atoms with Crippen LogP contribution in [0.4, 0.5) is 0 Å². The minimum absolute atomic E-state index is 0.233. The summed E-state index contributed by atoms with van der Waals surface area (Å²) in [5.74, 6) is 0.193. The van der Waals surface area contributed by atoms with Crippen LogP contribution in [-0.2, 0) is 9.53 Å². The summed E-state index contributed by atoms with van der Waals surface area (Å²) in [7, 11) is 3.09. The third-order valence-electron chi connectivity index (χ3n) is 3.49. The zero-order valence-corrected chi connectivity index (χ0v) is 15.4. The standard InChI is InChI=1S/C18H24N2O5/c1-10(16(21)20-18(2,3)4)25-17(22)13-8-11-7-12(23-5)9-14(24-6)15(11)19-13/h7-10,19H,1-6H3,(H,20,21). The number of benzene rings is 1. The number of nitrogens with one attached hydrogen (secondary N) is 2. The van der Waals surface area contributed by atoms with Crippen LogP contribution < -0.4 is 14.8 Å². The van der Waals surface area contributed by atoms with Gasteiger partial charge in [0.15, 0.2) is 6.10 Å². The molecular formula is C18H24N2O5. The van der Waals surface area contributed by atoms with Gasteiger partial charge in [0.05, 0.1) is 19.7 Å². The second kappa shape index (κ2) is 7.04. The molecule has 0 spiro atoms. The van der Waals surface area contributed by atoms with Crippen molar-refractivity contribution in [1.29, 1.82) is 0 Å². The van der Waals surface area contributed by atoms with Gasteiger partial charge >= 0.3 is 5.97 Å². The summed E-state index contributed by atoms with van der Waals surface area (Å²) in [6.07, 6.45) is -0.908. The normalized spacial score (nSPS) is 12.6. The molecule has 0 aliphatic rings. The van der Waals surface area contributed by atoms with Gasteiger partial charge in [-0.2, -0.15) is 0 Å². The first kappa shape index (κ1) is 18.6. The molecule has 25 heavy (non-hydrogen) atoms. The average Bonchev–Trinajstić information content (AvgIpc) is 2.96. The van der Waals surface area contributed by atoms with Crippen LogP contribution in [0.3, 0.4) is 0 Å². The Balaban J connectivity index is 2.21. The van der Waals surface area contributed by atoms with Crippen LogP contribution in [0.25, 0.3) is 10.9 Å². The topological polar surface area (TPSA) is 89.7 Å². The van der Waals surface area contributed by atoms with Crippen LogP contribution in [-0.4, -0.2) is 42.7 Å². The smallest absolute Gasteiger partial charge is 0.355 e. The Hall–Kier alpha value is -2.70. The maximum Gasteiger partial charge on any atom is 0.355 e. The van der Waals surface area contributed by atoms with E-state index in [0.29, 0.717) is 17.0 Å². The first-order valence-corrected chi connectivity index (χ1v) is 7.92. The maximum absolute atomic E-state index is 12.3. The number of aromatic nitrogens is 1. The van der Waals surface area contributed by atoms with Crippen molar-refractivity contribution in [3.8, 4) is 11.5 Å². The van der Waals surface area contributed by atoms with Gasteiger partial charge in [0.2, 0.25) is 0 Å².